The molecule has 0 aliphatic rings. The SMILES string of the molecule is O=Cc1ccc(O)c2c(=O)c3ccccc3[nH]c12. The molecule has 0 unspecified atom stereocenters. The van der Waals surface area contributed by atoms with Gasteiger partial charge in [0.15, 0.2) is 6.29 Å². The third kappa shape index (κ3) is 1.32. The first-order valence-electron chi connectivity index (χ1n) is 5.44. The van der Waals surface area contributed by atoms with Gasteiger partial charge >= 0.3 is 0 Å². The Balaban J connectivity index is 2.67. The summed E-state index contributed by atoms with van der Waals surface area (Å²) in [6, 6.07) is 9.83. The Morgan fingerprint density at radius 1 is 1.11 bits per heavy atom. The lowest BCUT2D eigenvalue weighted by atomic mass is 10.1. The monoisotopic (exact) mass is 239 g/mol. The Bertz CT molecular complexity index is 833. The molecule has 0 bridgehead atoms. The Hall–Kier alpha value is -2.62. The van der Waals surface area contributed by atoms with Gasteiger partial charge in [-0.1, -0.05) is 12.1 Å². The number of phenols is 1. The van der Waals surface area contributed by atoms with Crippen LogP contribution in [-0.2, 0) is 0 Å². The predicted octanol–water partition coefficient (Wildman–Crippen LogP) is 2.20. The number of H-pyrrole nitrogens is 1. The fourth-order valence-electron chi connectivity index (χ4n) is 2.13. The Labute approximate surface area is 101 Å². The standard InChI is InChI=1S/C14H9NO3/c16-7-8-5-6-11(17)12-13(8)15-10-4-2-1-3-9(10)14(12)18/h1-7,17H,(H,15,18). The van der Waals surface area contributed by atoms with Crippen molar-refractivity contribution in [3.8, 4) is 5.75 Å². The van der Waals surface area contributed by atoms with Gasteiger partial charge in [-0.25, -0.2) is 0 Å². The van der Waals surface area contributed by atoms with Crippen molar-refractivity contribution in [3.63, 3.8) is 0 Å². The van der Waals surface area contributed by atoms with E-state index in [4.69, 9.17) is 0 Å². The van der Waals surface area contributed by atoms with E-state index in [-0.39, 0.29) is 16.6 Å². The largest absolute Gasteiger partial charge is 0.507 e. The fraction of sp³-hybridized carbons (Fsp3) is 0. The molecule has 4 heteroatoms. The van der Waals surface area contributed by atoms with Crippen LogP contribution in [0.1, 0.15) is 10.4 Å². The van der Waals surface area contributed by atoms with Crippen LogP contribution >= 0.6 is 0 Å². The number of hydrogen-bond donors (Lipinski definition) is 2. The minimum absolute atomic E-state index is 0.123. The molecule has 0 saturated carbocycles. The van der Waals surface area contributed by atoms with Crippen LogP contribution in [0.3, 0.4) is 0 Å². The molecule has 0 saturated heterocycles. The Morgan fingerprint density at radius 2 is 1.89 bits per heavy atom. The van der Waals surface area contributed by atoms with Gasteiger partial charge in [0.05, 0.1) is 10.9 Å². The number of hydrogen-bond acceptors (Lipinski definition) is 3. The molecule has 0 aliphatic heterocycles. The van der Waals surface area contributed by atoms with Crippen LogP contribution in [0.4, 0.5) is 0 Å². The van der Waals surface area contributed by atoms with Gasteiger partial charge in [0, 0.05) is 16.5 Å². The molecule has 2 N–H and O–H groups in total. The number of nitrogens with one attached hydrogen (secondary N) is 1. The molecule has 2 aromatic carbocycles. The molecule has 0 amide bonds. The second-order valence-corrected chi connectivity index (χ2v) is 4.04. The quantitative estimate of drug-likeness (QED) is 0.505. The third-order valence-electron chi connectivity index (χ3n) is 3.00. The van der Waals surface area contributed by atoms with Gasteiger partial charge in [0.1, 0.15) is 5.75 Å². The second-order valence-electron chi connectivity index (χ2n) is 4.04. The van der Waals surface area contributed by atoms with Crippen molar-refractivity contribution in [2.24, 2.45) is 0 Å². The van der Waals surface area contributed by atoms with E-state index in [0.717, 1.165) is 0 Å². The summed E-state index contributed by atoms with van der Waals surface area (Å²) in [4.78, 5) is 26.3. The maximum Gasteiger partial charge on any atom is 0.200 e. The van der Waals surface area contributed by atoms with Crippen LogP contribution in [0.25, 0.3) is 21.8 Å². The number of para-hydroxylation sites is 1. The van der Waals surface area contributed by atoms with Gasteiger partial charge in [-0.05, 0) is 24.3 Å². The fourth-order valence-corrected chi connectivity index (χ4v) is 2.13. The number of carbonyl (C=O) groups is 1. The first-order chi connectivity index (χ1) is 8.72. The molecule has 0 aliphatic carbocycles. The molecule has 0 radical (unpaired) electrons. The molecule has 1 heterocycles. The number of aldehydes is 1. The molecule has 88 valence electrons. The maximum atomic E-state index is 12.3. The first-order valence-corrected chi connectivity index (χ1v) is 5.44. The predicted molar refractivity (Wildman–Crippen MR) is 69.1 cm³/mol. The van der Waals surface area contributed by atoms with Gasteiger partial charge in [-0.3, -0.25) is 9.59 Å². The van der Waals surface area contributed by atoms with Crippen molar-refractivity contribution in [1.82, 2.24) is 4.98 Å². The van der Waals surface area contributed by atoms with E-state index in [1.54, 1.807) is 24.3 Å². The van der Waals surface area contributed by atoms with Crippen LogP contribution in [0.2, 0.25) is 0 Å². The number of fused-ring (bicyclic) bond motifs is 2. The number of pyridine rings is 1. The van der Waals surface area contributed by atoms with Gasteiger partial charge in [0.25, 0.3) is 0 Å². The molecule has 0 spiro atoms. The zero-order chi connectivity index (χ0) is 12.7. The van der Waals surface area contributed by atoms with Crippen LogP contribution in [-0.4, -0.2) is 16.4 Å². The summed E-state index contributed by atoms with van der Waals surface area (Å²) in [5.41, 5.74) is 1.09. The normalized spacial score (nSPS) is 10.9. The van der Waals surface area contributed by atoms with Gasteiger partial charge in [0.2, 0.25) is 5.43 Å². The summed E-state index contributed by atoms with van der Waals surface area (Å²) < 4.78 is 0. The summed E-state index contributed by atoms with van der Waals surface area (Å²) in [5, 5.41) is 10.4. The highest BCUT2D eigenvalue weighted by Crippen LogP contribution is 2.24. The number of aromatic amines is 1. The first kappa shape index (κ1) is 10.5. The molecule has 18 heavy (non-hydrogen) atoms. The highest BCUT2D eigenvalue weighted by Gasteiger charge is 2.11. The van der Waals surface area contributed by atoms with Crippen molar-refractivity contribution in [2.75, 3.05) is 0 Å². The number of aromatic nitrogens is 1. The molecule has 0 fully saturated rings. The van der Waals surface area contributed by atoms with Crippen molar-refractivity contribution in [2.45, 2.75) is 0 Å². The van der Waals surface area contributed by atoms with Crippen LogP contribution < -0.4 is 5.43 Å². The smallest absolute Gasteiger partial charge is 0.200 e. The molecule has 3 rings (SSSR count). The van der Waals surface area contributed by atoms with E-state index in [2.05, 4.69) is 4.98 Å². The Morgan fingerprint density at radius 3 is 2.67 bits per heavy atom. The van der Waals surface area contributed by atoms with Crippen LogP contribution in [0.5, 0.6) is 5.75 Å². The molecule has 4 nitrogen and oxygen atoms in total. The summed E-state index contributed by atoms with van der Waals surface area (Å²) in [5.74, 6) is -0.123. The van der Waals surface area contributed by atoms with E-state index in [1.165, 1.54) is 12.1 Å². The minimum atomic E-state index is -0.277. The molecular weight excluding hydrogens is 230 g/mol. The Kier molecular flexibility index (Phi) is 2.16. The average Bonchev–Trinajstić information content (AvgIpc) is 2.39. The van der Waals surface area contributed by atoms with E-state index >= 15 is 0 Å². The molecular formula is C14H9NO3. The summed E-state index contributed by atoms with van der Waals surface area (Å²) in [6.07, 6.45) is 0.659. The summed E-state index contributed by atoms with van der Waals surface area (Å²) >= 11 is 0. The van der Waals surface area contributed by atoms with Gasteiger partial charge < -0.3 is 10.1 Å². The zero-order valence-corrected chi connectivity index (χ0v) is 9.31. The zero-order valence-electron chi connectivity index (χ0n) is 9.31. The van der Waals surface area contributed by atoms with Gasteiger partial charge in [-0.2, -0.15) is 0 Å². The van der Waals surface area contributed by atoms with E-state index in [9.17, 15) is 14.7 Å². The number of aromatic hydroxyl groups is 1. The van der Waals surface area contributed by atoms with Crippen molar-refractivity contribution in [3.05, 3.63) is 52.2 Å². The topological polar surface area (TPSA) is 70.2 Å². The summed E-state index contributed by atoms with van der Waals surface area (Å²) in [6.45, 7) is 0. The van der Waals surface area contributed by atoms with Crippen LogP contribution in [0.15, 0.2) is 41.2 Å². The van der Waals surface area contributed by atoms with Gasteiger partial charge in [-0.15, -0.1) is 0 Å². The molecule has 0 atom stereocenters. The number of carbonyl (C=O) groups excluding carboxylic acids is 1. The minimum Gasteiger partial charge on any atom is -0.507 e. The average molecular weight is 239 g/mol. The number of rotatable bonds is 1. The lowest BCUT2D eigenvalue weighted by molar-refractivity contribution is 0.112. The van der Waals surface area contributed by atoms with Crippen molar-refractivity contribution in [1.29, 1.82) is 0 Å². The van der Waals surface area contributed by atoms with E-state index in [0.29, 0.717) is 28.3 Å². The van der Waals surface area contributed by atoms with Crippen molar-refractivity contribution >= 4 is 28.1 Å². The highest BCUT2D eigenvalue weighted by molar-refractivity contribution is 6.03. The van der Waals surface area contributed by atoms with E-state index < -0.39 is 0 Å². The number of benzene rings is 2. The number of phenolic OH excluding ortho intramolecular Hbond substituents is 1. The maximum absolute atomic E-state index is 12.3. The molecule has 1 aromatic heterocycles. The molecule has 3 aromatic rings. The second kappa shape index (κ2) is 3.70. The third-order valence-corrected chi connectivity index (χ3v) is 3.00. The van der Waals surface area contributed by atoms with E-state index in [1.807, 2.05) is 0 Å². The highest BCUT2D eigenvalue weighted by atomic mass is 16.3. The lowest BCUT2D eigenvalue weighted by Gasteiger charge is -2.06. The van der Waals surface area contributed by atoms with Crippen LogP contribution in [0, 0.1) is 0 Å². The lowest BCUT2D eigenvalue weighted by Crippen LogP contribution is -2.05. The summed E-state index contributed by atoms with van der Waals surface area (Å²) in [7, 11) is 0. The van der Waals surface area contributed by atoms with Crippen molar-refractivity contribution < 1.29 is 9.90 Å².